The van der Waals surface area contributed by atoms with Crippen molar-refractivity contribution in [3.8, 4) is 11.8 Å². The Morgan fingerprint density at radius 3 is 2.67 bits per heavy atom. The minimum atomic E-state index is -0.228. The van der Waals surface area contributed by atoms with Crippen molar-refractivity contribution in [2.75, 3.05) is 19.7 Å². The van der Waals surface area contributed by atoms with Gasteiger partial charge in [-0.3, -0.25) is 4.90 Å². The molecule has 0 radical (unpaired) electrons. The van der Waals surface area contributed by atoms with Crippen LogP contribution in [0.4, 0.5) is 4.39 Å². The molecule has 98 valence electrons. The lowest BCUT2D eigenvalue weighted by Crippen LogP contribution is -2.24. The molecule has 0 unspecified atom stereocenters. The van der Waals surface area contributed by atoms with E-state index in [1.807, 2.05) is 0 Å². The minimum Gasteiger partial charge on any atom is -0.384 e. The second-order valence-corrected chi connectivity index (χ2v) is 4.13. The first-order valence-electron chi connectivity index (χ1n) is 6.31. The number of aliphatic hydroxyl groups is 1. The lowest BCUT2D eigenvalue weighted by Gasteiger charge is -2.19. The van der Waals surface area contributed by atoms with Crippen molar-refractivity contribution in [1.82, 2.24) is 4.90 Å². The first-order chi connectivity index (χ1) is 8.71. The van der Waals surface area contributed by atoms with E-state index in [1.165, 1.54) is 6.07 Å². The van der Waals surface area contributed by atoms with Crippen LogP contribution >= 0.6 is 0 Å². The third kappa shape index (κ3) is 4.48. The van der Waals surface area contributed by atoms with Gasteiger partial charge in [0.1, 0.15) is 12.4 Å². The van der Waals surface area contributed by atoms with Gasteiger partial charge in [-0.1, -0.05) is 31.8 Å². The maximum atomic E-state index is 13.9. The van der Waals surface area contributed by atoms with Crippen molar-refractivity contribution in [3.63, 3.8) is 0 Å². The maximum absolute atomic E-state index is 13.9. The van der Waals surface area contributed by atoms with Crippen LogP contribution in [0.15, 0.2) is 18.2 Å². The summed E-state index contributed by atoms with van der Waals surface area (Å²) in [6, 6.07) is 4.99. The molecule has 0 spiro atoms. The number of nitrogens with zero attached hydrogens (tertiary/aromatic N) is 1. The fraction of sp³-hybridized carbons (Fsp3) is 0.467. The highest BCUT2D eigenvalue weighted by molar-refractivity contribution is 5.37. The number of halogens is 1. The summed E-state index contributed by atoms with van der Waals surface area (Å²) in [6.45, 7) is 6.51. The highest BCUT2D eigenvalue weighted by Crippen LogP contribution is 2.12. The molecule has 1 rings (SSSR count). The Morgan fingerprint density at radius 1 is 1.33 bits per heavy atom. The quantitative estimate of drug-likeness (QED) is 0.810. The minimum absolute atomic E-state index is 0.205. The number of benzene rings is 1. The van der Waals surface area contributed by atoms with Crippen molar-refractivity contribution in [1.29, 1.82) is 0 Å². The zero-order chi connectivity index (χ0) is 13.4. The summed E-state index contributed by atoms with van der Waals surface area (Å²) in [4.78, 5) is 2.21. The van der Waals surface area contributed by atoms with Crippen LogP contribution in [0.3, 0.4) is 0 Å². The van der Waals surface area contributed by atoms with Crippen LogP contribution in [0.5, 0.6) is 0 Å². The summed E-state index contributed by atoms with van der Waals surface area (Å²) < 4.78 is 13.9. The molecule has 0 aliphatic carbocycles. The molecule has 1 aromatic rings. The fourth-order valence-corrected chi connectivity index (χ4v) is 1.80. The first kappa shape index (κ1) is 14.7. The topological polar surface area (TPSA) is 23.5 Å². The lowest BCUT2D eigenvalue weighted by molar-refractivity contribution is 0.276. The van der Waals surface area contributed by atoms with Gasteiger partial charge in [-0.15, -0.1) is 0 Å². The summed E-state index contributed by atoms with van der Waals surface area (Å²) in [5.74, 6) is 4.99. The molecule has 0 saturated carbocycles. The molecule has 1 aromatic carbocycles. The molecule has 2 nitrogen and oxygen atoms in total. The number of hydrogen-bond donors (Lipinski definition) is 1. The van der Waals surface area contributed by atoms with E-state index in [2.05, 4.69) is 30.6 Å². The van der Waals surface area contributed by atoms with E-state index >= 15 is 0 Å². The van der Waals surface area contributed by atoms with Crippen LogP contribution in [0, 0.1) is 17.7 Å². The second-order valence-electron chi connectivity index (χ2n) is 4.13. The van der Waals surface area contributed by atoms with E-state index in [4.69, 9.17) is 5.11 Å². The molecule has 0 fully saturated rings. The Kier molecular flexibility index (Phi) is 6.42. The Labute approximate surface area is 108 Å². The largest absolute Gasteiger partial charge is 0.384 e. The van der Waals surface area contributed by atoms with Crippen molar-refractivity contribution in [3.05, 3.63) is 35.1 Å². The monoisotopic (exact) mass is 249 g/mol. The van der Waals surface area contributed by atoms with Gasteiger partial charge in [0.25, 0.3) is 0 Å². The number of hydrogen-bond acceptors (Lipinski definition) is 2. The Balaban J connectivity index is 2.78. The van der Waals surface area contributed by atoms with Gasteiger partial charge < -0.3 is 5.11 Å². The summed E-state index contributed by atoms with van der Waals surface area (Å²) in [7, 11) is 0. The molecule has 0 amide bonds. The van der Waals surface area contributed by atoms with Crippen LogP contribution in [0.25, 0.3) is 0 Å². The van der Waals surface area contributed by atoms with E-state index < -0.39 is 0 Å². The van der Waals surface area contributed by atoms with Gasteiger partial charge >= 0.3 is 0 Å². The van der Waals surface area contributed by atoms with Gasteiger partial charge in [-0.05, 0) is 31.6 Å². The number of rotatable bonds is 5. The predicted molar refractivity (Wildman–Crippen MR) is 71.6 cm³/mol. The normalized spacial score (nSPS) is 10.3. The average molecular weight is 249 g/mol. The van der Waals surface area contributed by atoms with Gasteiger partial charge in [-0.2, -0.15) is 0 Å². The standard InChI is InChI=1S/C15H20FNO/c1-3-9-17(4-2)12-14-8-7-13(6-5-10-18)11-15(14)16/h7-8,11,18H,3-4,9-10,12H2,1-2H3. The number of aliphatic hydroxyl groups excluding tert-OH is 1. The molecule has 1 N–H and O–H groups in total. The molecule has 0 atom stereocenters. The van der Waals surface area contributed by atoms with E-state index in [9.17, 15) is 4.39 Å². The molecule has 18 heavy (non-hydrogen) atoms. The smallest absolute Gasteiger partial charge is 0.128 e. The summed E-state index contributed by atoms with van der Waals surface area (Å²) in [6.07, 6.45) is 1.06. The zero-order valence-electron chi connectivity index (χ0n) is 11.0. The molecule has 3 heteroatoms. The Morgan fingerprint density at radius 2 is 2.11 bits per heavy atom. The van der Waals surface area contributed by atoms with E-state index in [0.29, 0.717) is 17.7 Å². The second kappa shape index (κ2) is 7.86. The SMILES string of the molecule is CCCN(CC)Cc1ccc(C#CCO)cc1F. The summed E-state index contributed by atoms with van der Waals surface area (Å²) in [5.41, 5.74) is 1.30. The van der Waals surface area contributed by atoms with Crippen molar-refractivity contribution in [2.45, 2.75) is 26.8 Å². The van der Waals surface area contributed by atoms with Crippen molar-refractivity contribution >= 4 is 0 Å². The lowest BCUT2D eigenvalue weighted by atomic mass is 10.1. The maximum Gasteiger partial charge on any atom is 0.128 e. The molecule has 0 aliphatic rings. The third-order valence-corrected chi connectivity index (χ3v) is 2.75. The molecule has 0 heterocycles. The van der Waals surface area contributed by atoms with Gasteiger partial charge in [-0.25, -0.2) is 4.39 Å². The van der Waals surface area contributed by atoms with Crippen LogP contribution < -0.4 is 0 Å². The summed E-state index contributed by atoms with van der Waals surface area (Å²) in [5, 5.41) is 8.59. The first-order valence-corrected chi connectivity index (χ1v) is 6.31. The van der Waals surface area contributed by atoms with E-state index in [0.717, 1.165) is 19.5 Å². The highest BCUT2D eigenvalue weighted by atomic mass is 19.1. The fourth-order valence-electron chi connectivity index (χ4n) is 1.80. The van der Waals surface area contributed by atoms with Crippen molar-refractivity contribution in [2.24, 2.45) is 0 Å². The highest BCUT2D eigenvalue weighted by Gasteiger charge is 2.07. The molecule has 0 aromatic heterocycles. The van der Waals surface area contributed by atoms with Crippen LogP contribution in [-0.4, -0.2) is 29.7 Å². The Bertz CT molecular complexity index is 434. The van der Waals surface area contributed by atoms with E-state index in [-0.39, 0.29) is 12.4 Å². The van der Waals surface area contributed by atoms with Gasteiger partial charge in [0, 0.05) is 17.7 Å². The third-order valence-electron chi connectivity index (χ3n) is 2.75. The average Bonchev–Trinajstić information content (AvgIpc) is 2.38. The Hall–Kier alpha value is -1.37. The molecule has 0 aliphatic heterocycles. The van der Waals surface area contributed by atoms with Gasteiger partial charge in [0.05, 0.1) is 0 Å². The summed E-state index contributed by atoms with van der Waals surface area (Å²) >= 11 is 0. The van der Waals surface area contributed by atoms with Gasteiger partial charge in [0.2, 0.25) is 0 Å². The van der Waals surface area contributed by atoms with Crippen molar-refractivity contribution < 1.29 is 9.50 Å². The zero-order valence-corrected chi connectivity index (χ0v) is 11.0. The molecular formula is C15H20FNO. The van der Waals surface area contributed by atoms with Crippen LogP contribution in [-0.2, 0) is 6.54 Å². The molecular weight excluding hydrogens is 229 g/mol. The van der Waals surface area contributed by atoms with E-state index in [1.54, 1.807) is 12.1 Å². The predicted octanol–water partition coefficient (Wildman–Crippen LogP) is 2.40. The van der Waals surface area contributed by atoms with Crippen LogP contribution in [0.2, 0.25) is 0 Å². The van der Waals surface area contributed by atoms with Gasteiger partial charge in [0.15, 0.2) is 0 Å². The molecule has 0 saturated heterocycles. The van der Waals surface area contributed by atoms with Crippen LogP contribution in [0.1, 0.15) is 31.4 Å². The molecule has 0 bridgehead atoms.